The van der Waals surface area contributed by atoms with Crippen LogP contribution in [-0.2, 0) is 0 Å². The molecule has 0 heterocycles. The van der Waals surface area contributed by atoms with E-state index in [0.717, 1.165) is 23.8 Å². The first-order chi connectivity index (χ1) is 10.2. The minimum absolute atomic E-state index is 0.106. The van der Waals surface area contributed by atoms with Gasteiger partial charge >= 0.3 is 0 Å². The number of likely N-dealkylation sites (N-methyl/N-ethyl adjacent to an activating group) is 1. The van der Waals surface area contributed by atoms with Crippen LogP contribution in [0.15, 0.2) is 24.3 Å². The fourth-order valence-corrected chi connectivity index (χ4v) is 2.33. The third-order valence-corrected chi connectivity index (χ3v) is 4.02. The molecular weight excluding hydrogens is 262 g/mol. The van der Waals surface area contributed by atoms with Crippen molar-refractivity contribution in [1.82, 2.24) is 4.90 Å². The summed E-state index contributed by atoms with van der Waals surface area (Å²) in [5.74, 6) is 7.70. The second kappa shape index (κ2) is 8.07. The zero-order valence-corrected chi connectivity index (χ0v) is 13.0. The summed E-state index contributed by atoms with van der Waals surface area (Å²) in [6.45, 7) is 4.04. The Kier molecular flexibility index (Phi) is 6.10. The number of hydrogen-bond donors (Lipinski definition) is 1. The largest absolute Gasteiger partial charge is 0.492 e. The summed E-state index contributed by atoms with van der Waals surface area (Å²) >= 11 is 0. The van der Waals surface area contributed by atoms with Crippen LogP contribution in [-0.4, -0.2) is 42.9 Å². The van der Waals surface area contributed by atoms with Crippen LogP contribution in [0, 0.1) is 17.8 Å². The van der Waals surface area contributed by atoms with Crippen LogP contribution in [0.2, 0.25) is 0 Å². The first-order valence-electron chi connectivity index (χ1n) is 7.73. The standard InChI is InChI=1S/C18H25NO2/c1-15(17-9-10-17)19(2)11-13-21-18-8-5-7-16(14-18)6-3-4-12-20/h5,7-8,14-15,17,20H,4,9-13H2,1-2H3. The molecule has 1 fully saturated rings. The van der Waals surface area contributed by atoms with Crippen molar-refractivity contribution in [2.45, 2.75) is 32.2 Å². The molecule has 0 spiro atoms. The van der Waals surface area contributed by atoms with Crippen molar-refractivity contribution in [3.8, 4) is 17.6 Å². The number of hydrogen-bond acceptors (Lipinski definition) is 3. The molecular formula is C18H25NO2. The molecule has 1 unspecified atom stereocenters. The minimum atomic E-state index is 0.106. The zero-order valence-electron chi connectivity index (χ0n) is 13.0. The molecule has 1 aliphatic carbocycles. The van der Waals surface area contributed by atoms with E-state index in [1.54, 1.807) is 0 Å². The molecule has 1 aromatic carbocycles. The lowest BCUT2D eigenvalue weighted by atomic mass is 10.2. The Hall–Kier alpha value is -1.50. The lowest BCUT2D eigenvalue weighted by Gasteiger charge is -2.24. The molecule has 0 aliphatic heterocycles. The van der Waals surface area contributed by atoms with Gasteiger partial charge in [-0.25, -0.2) is 0 Å². The van der Waals surface area contributed by atoms with Gasteiger partial charge in [0.05, 0.1) is 6.61 Å². The van der Waals surface area contributed by atoms with Crippen molar-refractivity contribution in [3.63, 3.8) is 0 Å². The van der Waals surface area contributed by atoms with Crippen LogP contribution in [0.25, 0.3) is 0 Å². The van der Waals surface area contributed by atoms with Crippen LogP contribution in [0.4, 0.5) is 0 Å². The van der Waals surface area contributed by atoms with E-state index < -0.39 is 0 Å². The van der Waals surface area contributed by atoms with Gasteiger partial charge in [0.25, 0.3) is 0 Å². The molecule has 0 aromatic heterocycles. The van der Waals surface area contributed by atoms with Gasteiger partial charge in [-0.15, -0.1) is 0 Å². The predicted octanol–water partition coefficient (Wildman–Crippen LogP) is 2.53. The summed E-state index contributed by atoms with van der Waals surface area (Å²) in [6.07, 6.45) is 3.26. The van der Waals surface area contributed by atoms with Crippen LogP contribution in [0.5, 0.6) is 5.75 Å². The molecule has 1 saturated carbocycles. The summed E-state index contributed by atoms with van der Waals surface area (Å²) < 4.78 is 5.82. The number of ether oxygens (including phenoxy) is 1. The highest BCUT2D eigenvalue weighted by atomic mass is 16.5. The molecule has 0 radical (unpaired) electrons. The first kappa shape index (κ1) is 15.9. The molecule has 1 atom stereocenters. The normalized spacial score (nSPS) is 15.4. The summed E-state index contributed by atoms with van der Waals surface area (Å²) in [5, 5.41) is 8.72. The molecule has 3 nitrogen and oxygen atoms in total. The van der Waals surface area contributed by atoms with Crippen LogP contribution >= 0.6 is 0 Å². The van der Waals surface area contributed by atoms with E-state index in [4.69, 9.17) is 9.84 Å². The Morgan fingerprint density at radius 3 is 2.95 bits per heavy atom. The van der Waals surface area contributed by atoms with Gasteiger partial charge in [-0.2, -0.15) is 0 Å². The maximum absolute atomic E-state index is 8.72. The quantitative estimate of drug-likeness (QED) is 0.782. The van der Waals surface area contributed by atoms with Gasteiger partial charge in [-0.1, -0.05) is 17.9 Å². The summed E-state index contributed by atoms with van der Waals surface area (Å²) in [6, 6.07) is 8.48. The van der Waals surface area contributed by atoms with Gasteiger partial charge < -0.3 is 14.7 Å². The van der Waals surface area contributed by atoms with E-state index in [1.807, 2.05) is 24.3 Å². The minimum Gasteiger partial charge on any atom is -0.492 e. The highest BCUT2D eigenvalue weighted by Crippen LogP contribution is 2.34. The van der Waals surface area contributed by atoms with Crippen LogP contribution in [0.3, 0.4) is 0 Å². The number of nitrogens with zero attached hydrogens (tertiary/aromatic N) is 1. The fourth-order valence-electron chi connectivity index (χ4n) is 2.33. The average Bonchev–Trinajstić information content (AvgIpc) is 3.32. The maximum atomic E-state index is 8.72. The van der Waals surface area contributed by atoms with Gasteiger partial charge in [-0.05, 0) is 50.9 Å². The maximum Gasteiger partial charge on any atom is 0.120 e. The van der Waals surface area contributed by atoms with E-state index in [-0.39, 0.29) is 6.61 Å². The van der Waals surface area contributed by atoms with Crippen LogP contribution < -0.4 is 4.74 Å². The van der Waals surface area contributed by atoms with Crippen molar-refractivity contribution in [3.05, 3.63) is 29.8 Å². The Labute approximate surface area is 127 Å². The number of aliphatic hydroxyl groups excluding tert-OH is 1. The second-order valence-electron chi connectivity index (χ2n) is 5.71. The van der Waals surface area contributed by atoms with Crippen molar-refractivity contribution < 1.29 is 9.84 Å². The molecule has 114 valence electrons. The van der Waals surface area contributed by atoms with Gasteiger partial charge in [-0.3, -0.25) is 0 Å². The number of rotatable bonds is 7. The molecule has 0 bridgehead atoms. The predicted molar refractivity (Wildman–Crippen MR) is 85.3 cm³/mol. The molecule has 0 saturated heterocycles. The third kappa shape index (κ3) is 5.41. The first-order valence-corrected chi connectivity index (χ1v) is 7.73. The van der Waals surface area contributed by atoms with Gasteiger partial charge in [0, 0.05) is 24.6 Å². The SMILES string of the molecule is CC(C1CC1)N(C)CCOc1cccc(C#CCCO)c1. The van der Waals surface area contributed by atoms with Gasteiger partial charge in [0.15, 0.2) is 0 Å². The van der Waals surface area contributed by atoms with Crippen molar-refractivity contribution in [1.29, 1.82) is 0 Å². The third-order valence-electron chi connectivity index (χ3n) is 4.02. The Morgan fingerprint density at radius 1 is 1.43 bits per heavy atom. The topological polar surface area (TPSA) is 32.7 Å². The molecule has 2 rings (SSSR count). The molecule has 1 N–H and O–H groups in total. The summed E-state index contributed by atoms with van der Waals surface area (Å²) in [7, 11) is 2.17. The van der Waals surface area contributed by atoms with E-state index in [9.17, 15) is 0 Å². The Balaban J connectivity index is 1.77. The van der Waals surface area contributed by atoms with E-state index in [1.165, 1.54) is 12.8 Å². The van der Waals surface area contributed by atoms with E-state index in [0.29, 0.717) is 19.1 Å². The van der Waals surface area contributed by atoms with E-state index in [2.05, 4.69) is 30.7 Å². The molecule has 0 amide bonds. The summed E-state index contributed by atoms with van der Waals surface area (Å²) in [5.41, 5.74) is 0.931. The number of aliphatic hydroxyl groups is 1. The average molecular weight is 287 g/mol. The fraction of sp³-hybridized carbons (Fsp3) is 0.556. The highest BCUT2D eigenvalue weighted by Gasteiger charge is 2.30. The Bertz CT molecular complexity index is 499. The number of benzene rings is 1. The van der Waals surface area contributed by atoms with Gasteiger partial charge in [0.2, 0.25) is 0 Å². The lowest BCUT2D eigenvalue weighted by molar-refractivity contribution is 0.186. The monoisotopic (exact) mass is 287 g/mol. The molecule has 1 aromatic rings. The summed E-state index contributed by atoms with van der Waals surface area (Å²) in [4.78, 5) is 2.38. The zero-order chi connectivity index (χ0) is 15.1. The van der Waals surface area contributed by atoms with E-state index >= 15 is 0 Å². The Morgan fingerprint density at radius 2 is 2.24 bits per heavy atom. The lowest BCUT2D eigenvalue weighted by Crippen LogP contribution is -2.34. The second-order valence-corrected chi connectivity index (χ2v) is 5.71. The van der Waals surface area contributed by atoms with Crippen molar-refractivity contribution in [2.24, 2.45) is 5.92 Å². The smallest absolute Gasteiger partial charge is 0.120 e. The molecule has 3 heteroatoms. The van der Waals surface area contributed by atoms with Gasteiger partial charge in [0.1, 0.15) is 12.4 Å². The van der Waals surface area contributed by atoms with Crippen LogP contribution in [0.1, 0.15) is 31.7 Å². The molecule has 1 aliphatic rings. The molecule has 21 heavy (non-hydrogen) atoms. The van der Waals surface area contributed by atoms with Crippen molar-refractivity contribution >= 4 is 0 Å². The van der Waals surface area contributed by atoms with Crippen molar-refractivity contribution in [2.75, 3.05) is 26.8 Å². The highest BCUT2D eigenvalue weighted by molar-refractivity contribution is 5.39.